The van der Waals surface area contributed by atoms with E-state index in [0.29, 0.717) is 42.7 Å². The Hall–Kier alpha value is -4.08. The predicted molar refractivity (Wildman–Crippen MR) is 159 cm³/mol. The summed E-state index contributed by atoms with van der Waals surface area (Å²) < 4.78 is 0. The van der Waals surface area contributed by atoms with Gasteiger partial charge in [-0.2, -0.15) is 4.98 Å². The molecule has 2 aromatic heterocycles. The van der Waals surface area contributed by atoms with E-state index in [0.717, 1.165) is 37.2 Å². The second-order valence-corrected chi connectivity index (χ2v) is 10.6. The standard InChI is InChI=1S/C31H37N7O2/c1-5-15-32-29(39)25-19-33-30(34-23-8-9-24(20(3)18-23)21-12-16-38(4)17-13-21)37-28(25)36-26-10-7-22-11-14-31(40,6-2)27(22)35-26/h5,7-10,12,18-19,40H,1,6,11,13-17H2,2-4H3,(H,32,39)(H2,33,34,35,36,37)/t31-/m1/s1. The highest BCUT2D eigenvalue weighted by Crippen LogP contribution is 2.39. The molecule has 3 aromatic rings. The molecule has 0 bridgehead atoms. The highest BCUT2D eigenvalue weighted by atomic mass is 16.3. The second-order valence-electron chi connectivity index (χ2n) is 10.6. The van der Waals surface area contributed by atoms with Gasteiger partial charge in [0.25, 0.3) is 5.91 Å². The molecule has 0 saturated heterocycles. The van der Waals surface area contributed by atoms with Crippen molar-refractivity contribution in [1.29, 1.82) is 0 Å². The summed E-state index contributed by atoms with van der Waals surface area (Å²) in [7, 11) is 2.13. The van der Waals surface area contributed by atoms with Crippen molar-refractivity contribution in [2.45, 2.75) is 45.1 Å². The highest BCUT2D eigenvalue weighted by molar-refractivity contribution is 5.99. The normalized spacial score (nSPS) is 18.6. The zero-order valence-corrected chi connectivity index (χ0v) is 23.4. The number of aryl methyl sites for hydroxylation is 2. The Morgan fingerprint density at radius 1 is 1.20 bits per heavy atom. The Morgan fingerprint density at radius 3 is 2.77 bits per heavy atom. The van der Waals surface area contributed by atoms with Gasteiger partial charge < -0.3 is 26.0 Å². The molecule has 1 aliphatic heterocycles. The number of rotatable bonds is 9. The van der Waals surface area contributed by atoms with Crippen LogP contribution in [-0.2, 0) is 12.0 Å². The number of pyridine rings is 1. The SMILES string of the molecule is C=CCNC(=O)c1cnc(Nc2ccc(C3=CCN(C)CC3)c(C)c2)nc1Nc1ccc2c(n1)[C@@](O)(CC)CC2. The van der Waals surface area contributed by atoms with Gasteiger partial charge in [-0.15, -0.1) is 6.58 Å². The topological polar surface area (TPSA) is 115 Å². The highest BCUT2D eigenvalue weighted by Gasteiger charge is 2.36. The number of hydrogen-bond acceptors (Lipinski definition) is 8. The number of aromatic nitrogens is 3. The Bertz CT molecular complexity index is 1470. The van der Waals surface area contributed by atoms with Gasteiger partial charge in [0.2, 0.25) is 5.95 Å². The van der Waals surface area contributed by atoms with Crippen LogP contribution in [0, 0.1) is 6.92 Å². The van der Waals surface area contributed by atoms with E-state index >= 15 is 0 Å². The van der Waals surface area contributed by atoms with Crippen molar-refractivity contribution in [2.24, 2.45) is 0 Å². The summed E-state index contributed by atoms with van der Waals surface area (Å²) in [4.78, 5) is 29.0. The number of likely N-dealkylation sites (N-methyl/N-ethyl adjacent to an activating group) is 1. The zero-order chi connectivity index (χ0) is 28.3. The maximum atomic E-state index is 12.9. The van der Waals surface area contributed by atoms with E-state index in [9.17, 15) is 9.90 Å². The smallest absolute Gasteiger partial charge is 0.256 e. The molecule has 40 heavy (non-hydrogen) atoms. The number of nitrogens with zero attached hydrogens (tertiary/aromatic N) is 4. The lowest BCUT2D eigenvalue weighted by molar-refractivity contribution is 0.0307. The lowest BCUT2D eigenvalue weighted by Gasteiger charge is -2.23. The molecule has 0 spiro atoms. The van der Waals surface area contributed by atoms with E-state index in [1.165, 1.54) is 22.9 Å². The van der Waals surface area contributed by atoms with Gasteiger partial charge in [0.15, 0.2) is 0 Å². The third-order valence-corrected chi connectivity index (χ3v) is 7.74. The van der Waals surface area contributed by atoms with Crippen molar-refractivity contribution in [3.05, 3.63) is 83.2 Å². The van der Waals surface area contributed by atoms with Crippen LogP contribution >= 0.6 is 0 Å². The summed E-state index contributed by atoms with van der Waals surface area (Å²) >= 11 is 0. The van der Waals surface area contributed by atoms with E-state index in [-0.39, 0.29) is 11.5 Å². The van der Waals surface area contributed by atoms with Gasteiger partial charge in [0.05, 0.1) is 5.69 Å². The van der Waals surface area contributed by atoms with E-state index in [1.807, 2.05) is 25.1 Å². The van der Waals surface area contributed by atoms with Crippen LogP contribution in [0.5, 0.6) is 0 Å². The molecule has 1 aromatic carbocycles. The summed E-state index contributed by atoms with van der Waals surface area (Å²) in [6.45, 7) is 10.1. The molecular formula is C31H37N7O2. The fourth-order valence-electron chi connectivity index (χ4n) is 5.30. The average Bonchev–Trinajstić information content (AvgIpc) is 3.29. The Balaban J connectivity index is 1.42. The van der Waals surface area contributed by atoms with Crippen LogP contribution in [0.1, 0.15) is 58.9 Å². The van der Waals surface area contributed by atoms with E-state index in [4.69, 9.17) is 4.98 Å². The summed E-state index contributed by atoms with van der Waals surface area (Å²) in [6, 6.07) is 10.1. The molecule has 1 atom stereocenters. The zero-order valence-electron chi connectivity index (χ0n) is 23.4. The number of benzene rings is 1. The van der Waals surface area contributed by atoms with Gasteiger partial charge >= 0.3 is 0 Å². The monoisotopic (exact) mass is 539 g/mol. The average molecular weight is 540 g/mol. The van der Waals surface area contributed by atoms with Crippen molar-refractivity contribution in [3.8, 4) is 0 Å². The first-order valence-corrected chi connectivity index (χ1v) is 13.8. The third kappa shape index (κ3) is 5.76. The van der Waals surface area contributed by atoms with Gasteiger partial charge in [-0.25, -0.2) is 9.97 Å². The summed E-state index contributed by atoms with van der Waals surface area (Å²) in [5, 5.41) is 20.3. The van der Waals surface area contributed by atoms with Gasteiger partial charge in [0, 0.05) is 31.5 Å². The van der Waals surface area contributed by atoms with Crippen LogP contribution in [0.15, 0.2) is 55.3 Å². The van der Waals surface area contributed by atoms with Gasteiger partial charge in [-0.3, -0.25) is 4.79 Å². The van der Waals surface area contributed by atoms with Crippen LogP contribution < -0.4 is 16.0 Å². The van der Waals surface area contributed by atoms with Crippen LogP contribution in [0.3, 0.4) is 0 Å². The summed E-state index contributed by atoms with van der Waals surface area (Å²) in [5.41, 5.74) is 5.71. The number of hydrogen-bond donors (Lipinski definition) is 4. The molecule has 9 nitrogen and oxygen atoms in total. The van der Waals surface area contributed by atoms with E-state index in [2.05, 4.69) is 69.6 Å². The predicted octanol–water partition coefficient (Wildman–Crippen LogP) is 4.85. The molecule has 9 heteroatoms. The maximum absolute atomic E-state index is 12.9. The molecule has 0 unspecified atom stereocenters. The Kier molecular flexibility index (Phi) is 7.95. The first-order chi connectivity index (χ1) is 19.3. The quantitative estimate of drug-likeness (QED) is 0.286. The van der Waals surface area contributed by atoms with Crippen LogP contribution in [0.25, 0.3) is 5.57 Å². The lowest BCUT2D eigenvalue weighted by atomic mass is 9.95. The number of carbonyl (C=O) groups excluding carboxylic acids is 1. The van der Waals surface area contributed by atoms with E-state index in [1.54, 1.807) is 6.08 Å². The van der Waals surface area contributed by atoms with Crippen molar-refractivity contribution in [2.75, 3.05) is 37.3 Å². The van der Waals surface area contributed by atoms with Crippen molar-refractivity contribution >= 4 is 34.8 Å². The van der Waals surface area contributed by atoms with Crippen LogP contribution in [0.4, 0.5) is 23.3 Å². The van der Waals surface area contributed by atoms with Gasteiger partial charge in [-0.05, 0) is 80.1 Å². The first-order valence-electron chi connectivity index (χ1n) is 13.8. The minimum absolute atomic E-state index is 0.279. The number of fused-ring (bicyclic) bond motifs is 1. The molecule has 3 heterocycles. The van der Waals surface area contributed by atoms with Crippen molar-refractivity contribution in [3.63, 3.8) is 0 Å². The second kappa shape index (κ2) is 11.6. The maximum Gasteiger partial charge on any atom is 0.256 e. The van der Waals surface area contributed by atoms with Crippen LogP contribution in [0.2, 0.25) is 0 Å². The fraction of sp³-hybridized carbons (Fsp3) is 0.355. The lowest BCUT2D eigenvalue weighted by Crippen LogP contribution is -2.25. The summed E-state index contributed by atoms with van der Waals surface area (Å²) in [6.07, 6.45) is 8.46. The minimum Gasteiger partial charge on any atom is -0.384 e. The van der Waals surface area contributed by atoms with Crippen molar-refractivity contribution in [1.82, 2.24) is 25.2 Å². The van der Waals surface area contributed by atoms with Gasteiger partial charge in [0.1, 0.15) is 22.8 Å². The van der Waals surface area contributed by atoms with Gasteiger partial charge in [-0.1, -0.05) is 31.2 Å². The first kappa shape index (κ1) is 27.5. The van der Waals surface area contributed by atoms with E-state index < -0.39 is 5.60 Å². The molecule has 1 aliphatic carbocycles. The number of nitrogens with one attached hydrogen (secondary N) is 3. The number of aliphatic hydroxyl groups is 1. The Labute approximate surface area is 235 Å². The molecule has 0 saturated carbocycles. The largest absolute Gasteiger partial charge is 0.384 e. The molecule has 2 aliphatic rings. The molecule has 1 amide bonds. The Morgan fingerprint density at radius 2 is 2.05 bits per heavy atom. The third-order valence-electron chi connectivity index (χ3n) is 7.74. The number of carbonyl (C=O) groups is 1. The van der Waals surface area contributed by atoms with Crippen LogP contribution in [-0.4, -0.2) is 57.5 Å². The molecule has 0 radical (unpaired) electrons. The molecule has 5 rings (SSSR count). The molecule has 0 fully saturated rings. The van der Waals surface area contributed by atoms with Crippen molar-refractivity contribution < 1.29 is 9.90 Å². The molecule has 4 N–H and O–H groups in total. The molecular weight excluding hydrogens is 502 g/mol. The molecule has 208 valence electrons. The fourth-order valence-corrected chi connectivity index (χ4v) is 5.30. The number of anilines is 4. The number of amides is 1. The summed E-state index contributed by atoms with van der Waals surface area (Å²) in [5.74, 6) is 0.835. The minimum atomic E-state index is -0.941.